The SMILES string of the molecule is COc1cc2c(cc1OC)CN(C(=O)C1CCCN1Cc1ccccc1F)CC2. The first-order valence-electron chi connectivity index (χ1n) is 10.1. The van der Waals surface area contributed by atoms with Gasteiger partial charge in [0.15, 0.2) is 11.5 Å². The summed E-state index contributed by atoms with van der Waals surface area (Å²) in [4.78, 5) is 17.4. The summed E-state index contributed by atoms with van der Waals surface area (Å²) in [6.07, 6.45) is 2.57. The van der Waals surface area contributed by atoms with Crippen LogP contribution < -0.4 is 9.47 Å². The summed E-state index contributed by atoms with van der Waals surface area (Å²) in [5, 5.41) is 0. The van der Waals surface area contributed by atoms with Crippen molar-refractivity contribution in [1.29, 1.82) is 0 Å². The van der Waals surface area contributed by atoms with Crippen LogP contribution in [0.5, 0.6) is 11.5 Å². The van der Waals surface area contributed by atoms with E-state index in [-0.39, 0.29) is 17.8 Å². The Morgan fingerprint density at radius 2 is 1.83 bits per heavy atom. The third-order valence-electron chi connectivity index (χ3n) is 6.01. The van der Waals surface area contributed by atoms with Gasteiger partial charge < -0.3 is 14.4 Å². The highest BCUT2D eigenvalue weighted by atomic mass is 19.1. The average Bonchev–Trinajstić information content (AvgIpc) is 3.21. The largest absolute Gasteiger partial charge is 0.493 e. The molecule has 2 aromatic rings. The second kappa shape index (κ2) is 8.41. The van der Waals surface area contributed by atoms with E-state index in [0.717, 1.165) is 37.1 Å². The summed E-state index contributed by atoms with van der Waals surface area (Å²) in [6, 6.07) is 10.6. The molecular formula is C23H27FN2O3. The van der Waals surface area contributed by atoms with E-state index in [1.807, 2.05) is 23.1 Å². The van der Waals surface area contributed by atoms with Gasteiger partial charge in [0.1, 0.15) is 5.82 Å². The molecule has 154 valence electrons. The van der Waals surface area contributed by atoms with Gasteiger partial charge in [-0.25, -0.2) is 4.39 Å². The summed E-state index contributed by atoms with van der Waals surface area (Å²) >= 11 is 0. The molecular weight excluding hydrogens is 371 g/mol. The first-order valence-corrected chi connectivity index (χ1v) is 10.1. The number of benzene rings is 2. The first-order chi connectivity index (χ1) is 14.1. The maximum absolute atomic E-state index is 14.1. The zero-order valence-corrected chi connectivity index (χ0v) is 17.0. The van der Waals surface area contributed by atoms with E-state index in [4.69, 9.17) is 9.47 Å². The molecule has 1 fully saturated rings. The summed E-state index contributed by atoms with van der Waals surface area (Å²) in [5.41, 5.74) is 2.94. The second-order valence-corrected chi connectivity index (χ2v) is 7.71. The number of ether oxygens (including phenoxy) is 2. The van der Waals surface area contributed by atoms with Crippen molar-refractivity contribution in [3.8, 4) is 11.5 Å². The Hall–Kier alpha value is -2.60. The molecule has 2 aliphatic heterocycles. The first kappa shape index (κ1) is 19.7. The van der Waals surface area contributed by atoms with Gasteiger partial charge in [0, 0.05) is 25.2 Å². The van der Waals surface area contributed by atoms with Crippen molar-refractivity contribution in [3.63, 3.8) is 0 Å². The lowest BCUT2D eigenvalue weighted by Gasteiger charge is -2.34. The highest BCUT2D eigenvalue weighted by Gasteiger charge is 2.35. The number of likely N-dealkylation sites (tertiary alicyclic amines) is 1. The predicted molar refractivity (Wildman–Crippen MR) is 108 cm³/mol. The van der Waals surface area contributed by atoms with Crippen molar-refractivity contribution in [2.24, 2.45) is 0 Å². The quantitative estimate of drug-likeness (QED) is 0.774. The molecule has 0 bridgehead atoms. The van der Waals surface area contributed by atoms with E-state index in [1.165, 1.54) is 11.6 Å². The van der Waals surface area contributed by atoms with E-state index >= 15 is 0 Å². The highest BCUT2D eigenvalue weighted by Crippen LogP contribution is 2.34. The molecule has 0 aliphatic carbocycles. The molecule has 1 atom stereocenters. The molecule has 2 heterocycles. The lowest BCUT2D eigenvalue weighted by molar-refractivity contribution is -0.137. The number of amides is 1. The van der Waals surface area contributed by atoms with Crippen LogP contribution in [0.1, 0.15) is 29.5 Å². The number of nitrogens with zero attached hydrogens (tertiary/aromatic N) is 2. The van der Waals surface area contributed by atoms with Crippen LogP contribution in [0.4, 0.5) is 4.39 Å². The zero-order chi connectivity index (χ0) is 20.4. The third kappa shape index (κ3) is 3.94. The number of halogens is 1. The molecule has 0 saturated carbocycles. The van der Waals surface area contributed by atoms with Crippen molar-refractivity contribution in [1.82, 2.24) is 9.80 Å². The Kier molecular flexibility index (Phi) is 5.72. The normalized spacial score (nSPS) is 19.1. The van der Waals surface area contributed by atoms with Crippen molar-refractivity contribution in [2.75, 3.05) is 27.3 Å². The predicted octanol–water partition coefficient (Wildman–Crippen LogP) is 3.39. The van der Waals surface area contributed by atoms with Gasteiger partial charge in [0.05, 0.1) is 20.3 Å². The summed E-state index contributed by atoms with van der Waals surface area (Å²) in [5.74, 6) is 1.33. The van der Waals surface area contributed by atoms with Crippen LogP contribution in [0.25, 0.3) is 0 Å². The van der Waals surface area contributed by atoms with Crippen LogP contribution in [0.15, 0.2) is 36.4 Å². The standard InChI is InChI=1S/C23H27FN2O3/c1-28-21-12-16-9-11-26(15-18(16)13-22(21)29-2)23(27)20-8-5-10-25(20)14-17-6-3-4-7-19(17)24/h3-4,6-7,12-13,20H,5,8-11,14-15H2,1-2H3. The fourth-order valence-corrected chi connectivity index (χ4v) is 4.42. The van der Waals surface area contributed by atoms with Crippen LogP contribution in [0, 0.1) is 5.82 Å². The molecule has 0 aromatic heterocycles. The van der Waals surface area contributed by atoms with Crippen LogP contribution in [0.3, 0.4) is 0 Å². The molecule has 1 unspecified atom stereocenters. The lowest BCUT2D eigenvalue weighted by atomic mass is 9.98. The van der Waals surface area contributed by atoms with Crippen LogP contribution in [-0.2, 0) is 24.3 Å². The number of rotatable bonds is 5. The molecule has 1 saturated heterocycles. The maximum Gasteiger partial charge on any atom is 0.240 e. The molecule has 4 rings (SSSR count). The molecule has 2 aliphatic rings. The Morgan fingerprint density at radius 3 is 2.55 bits per heavy atom. The van der Waals surface area contributed by atoms with Gasteiger partial charge in [-0.05, 0) is 55.1 Å². The van der Waals surface area contributed by atoms with Gasteiger partial charge in [-0.2, -0.15) is 0 Å². The zero-order valence-electron chi connectivity index (χ0n) is 17.0. The number of carbonyl (C=O) groups is 1. The van der Waals surface area contributed by atoms with Crippen LogP contribution >= 0.6 is 0 Å². The van der Waals surface area contributed by atoms with Gasteiger partial charge in [0.25, 0.3) is 0 Å². The average molecular weight is 398 g/mol. The Labute approximate surface area is 171 Å². The van der Waals surface area contributed by atoms with Gasteiger partial charge in [-0.1, -0.05) is 18.2 Å². The molecule has 6 heteroatoms. The minimum absolute atomic E-state index is 0.138. The van der Waals surface area contributed by atoms with Crippen molar-refractivity contribution >= 4 is 5.91 Å². The number of hydrogen-bond donors (Lipinski definition) is 0. The van der Waals surface area contributed by atoms with Gasteiger partial charge >= 0.3 is 0 Å². The van der Waals surface area contributed by atoms with E-state index in [2.05, 4.69) is 4.90 Å². The maximum atomic E-state index is 14.1. The minimum Gasteiger partial charge on any atom is -0.493 e. The Morgan fingerprint density at radius 1 is 1.10 bits per heavy atom. The number of methoxy groups -OCH3 is 2. The Balaban J connectivity index is 1.49. The van der Waals surface area contributed by atoms with Crippen molar-refractivity contribution < 1.29 is 18.7 Å². The highest BCUT2D eigenvalue weighted by molar-refractivity contribution is 5.82. The van der Waals surface area contributed by atoms with Crippen LogP contribution in [-0.4, -0.2) is 49.1 Å². The second-order valence-electron chi connectivity index (χ2n) is 7.71. The molecule has 0 N–H and O–H groups in total. The molecule has 5 nitrogen and oxygen atoms in total. The summed E-state index contributed by atoms with van der Waals surface area (Å²) in [6.45, 7) is 2.54. The summed E-state index contributed by atoms with van der Waals surface area (Å²) in [7, 11) is 3.25. The van der Waals surface area contributed by atoms with Gasteiger partial charge in [-0.3, -0.25) is 9.69 Å². The number of carbonyl (C=O) groups excluding carboxylic acids is 1. The topological polar surface area (TPSA) is 42.0 Å². The van der Waals surface area contributed by atoms with Gasteiger partial charge in [0.2, 0.25) is 5.91 Å². The van der Waals surface area contributed by atoms with Crippen molar-refractivity contribution in [2.45, 2.75) is 38.4 Å². The van der Waals surface area contributed by atoms with Gasteiger partial charge in [-0.15, -0.1) is 0 Å². The third-order valence-corrected chi connectivity index (χ3v) is 6.01. The molecule has 0 spiro atoms. The number of hydrogen-bond acceptors (Lipinski definition) is 4. The van der Waals surface area contributed by atoms with E-state index in [0.29, 0.717) is 30.9 Å². The van der Waals surface area contributed by atoms with E-state index in [1.54, 1.807) is 26.4 Å². The molecule has 2 aromatic carbocycles. The van der Waals surface area contributed by atoms with E-state index in [9.17, 15) is 9.18 Å². The fraction of sp³-hybridized carbons (Fsp3) is 0.435. The smallest absolute Gasteiger partial charge is 0.240 e. The Bertz CT molecular complexity index is 902. The van der Waals surface area contributed by atoms with E-state index < -0.39 is 0 Å². The van der Waals surface area contributed by atoms with Crippen LogP contribution in [0.2, 0.25) is 0 Å². The molecule has 1 amide bonds. The molecule has 0 radical (unpaired) electrons. The fourth-order valence-electron chi connectivity index (χ4n) is 4.42. The van der Waals surface area contributed by atoms with Crippen molar-refractivity contribution in [3.05, 3.63) is 58.9 Å². The minimum atomic E-state index is -0.210. The monoisotopic (exact) mass is 398 g/mol. The lowest BCUT2D eigenvalue weighted by Crippen LogP contribution is -2.47. The summed E-state index contributed by atoms with van der Waals surface area (Å²) < 4.78 is 24.9. The number of fused-ring (bicyclic) bond motifs is 1. The molecule has 29 heavy (non-hydrogen) atoms.